The molecule has 1 fully saturated rings. The predicted molar refractivity (Wildman–Crippen MR) is 44.5 cm³/mol. The molecule has 0 radical (unpaired) electrons. The maximum Gasteiger partial charge on any atom is 0.377 e. The van der Waals surface area contributed by atoms with Crippen LogP contribution in [0.25, 0.3) is 0 Å². The van der Waals surface area contributed by atoms with Crippen molar-refractivity contribution < 1.29 is 23.9 Å². The van der Waals surface area contributed by atoms with E-state index >= 15 is 0 Å². The molecule has 78 valence electrons. The molecule has 14 heavy (non-hydrogen) atoms. The Kier molecular flexibility index (Phi) is 2.76. The summed E-state index contributed by atoms with van der Waals surface area (Å²) in [6.45, 7) is 3.14. The van der Waals surface area contributed by atoms with E-state index < -0.39 is 17.7 Å². The molecule has 6 nitrogen and oxygen atoms in total. The second-order valence-corrected chi connectivity index (χ2v) is 3.07. The van der Waals surface area contributed by atoms with Gasteiger partial charge < -0.3 is 9.47 Å². The zero-order valence-electron chi connectivity index (χ0n) is 8.12. The van der Waals surface area contributed by atoms with Crippen LogP contribution in [0.5, 0.6) is 0 Å². The lowest BCUT2D eigenvalue weighted by molar-refractivity contribution is -0.159. The van der Waals surface area contributed by atoms with Crippen LogP contribution < -0.4 is 5.48 Å². The Morgan fingerprint density at radius 2 is 2.14 bits per heavy atom. The second-order valence-electron chi connectivity index (χ2n) is 3.07. The lowest BCUT2D eigenvalue weighted by Crippen LogP contribution is -2.21. The number of carbonyl (C=O) groups excluding carboxylic acids is 2. The number of carbonyl (C=O) groups is 2. The van der Waals surface area contributed by atoms with Crippen LogP contribution in [0.1, 0.15) is 13.8 Å². The standard InChI is InChI=1S/C8H11NO5/c1-8(2)13-5(7(11)14-8)4-6(10)9-12-3/h4H,1-3H3,(H,9,10). The minimum Gasteiger partial charge on any atom is -0.445 e. The van der Waals surface area contributed by atoms with Crippen molar-refractivity contribution in [2.24, 2.45) is 0 Å². The van der Waals surface area contributed by atoms with Crippen molar-refractivity contribution in [3.05, 3.63) is 11.8 Å². The van der Waals surface area contributed by atoms with Gasteiger partial charge in [-0.1, -0.05) is 0 Å². The number of esters is 1. The van der Waals surface area contributed by atoms with Crippen molar-refractivity contribution in [3.63, 3.8) is 0 Å². The topological polar surface area (TPSA) is 73.9 Å². The molecule has 0 aliphatic carbocycles. The summed E-state index contributed by atoms with van der Waals surface area (Å²) in [4.78, 5) is 26.4. The number of rotatable bonds is 2. The Labute approximate surface area is 80.8 Å². The number of ether oxygens (including phenoxy) is 2. The van der Waals surface area contributed by atoms with Crippen molar-refractivity contribution in [2.45, 2.75) is 19.6 Å². The Balaban J connectivity index is 2.70. The van der Waals surface area contributed by atoms with E-state index in [4.69, 9.17) is 9.47 Å². The van der Waals surface area contributed by atoms with E-state index in [0.29, 0.717) is 0 Å². The fourth-order valence-electron chi connectivity index (χ4n) is 0.938. The monoisotopic (exact) mass is 201 g/mol. The van der Waals surface area contributed by atoms with Crippen molar-refractivity contribution in [3.8, 4) is 0 Å². The van der Waals surface area contributed by atoms with Gasteiger partial charge in [0.05, 0.1) is 13.2 Å². The van der Waals surface area contributed by atoms with Gasteiger partial charge >= 0.3 is 5.97 Å². The summed E-state index contributed by atoms with van der Waals surface area (Å²) in [5.74, 6) is -2.40. The van der Waals surface area contributed by atoms with Gasteiger partial charge in [-0.25, -0.2) is 10.3 Å². The molecule has 6 heteroatoms. The normalized spacial score (nSPS) is 21.6. The Hall–Kier alpha value is -1.56. The van der Waals surface area contributed by atoms with Gasteiger partial charge in [-0.2, -0.15) is 0 Å². The summed E-state index contributed by atoms with van der Waals surface area (Å²) in [5.41, 5.74) is 2.02. The maximum absolute atomic E-state index is 11.1. The maximum atomic E-state index is 11.1. The summed E-state index contributed by atoms with van der Waals surface area (Å²) in [7, 11) is 1.29. The number of amides is 1. The third-order valence-corrected chi connectivity index (χ3v) is 1.36. The fourth-order valence-corrected chi connectivity index (χ4v) is 0.938. The third-order valence-electron chi connectivity index (χ3n) is 1.36. The largest absolute Gasteiger partial charge is 0.445 e. The molecule has 0 atom stereocenters. The highest BCUT2D eigenvalue weighted by Gasteiger charge is 2.37. The SMILES string of the molecule is CONC(=O)C=C1OC(C)(C)OC1=O. The summed E-state index contributed by atoms with van der Waals surface area (Å²) in [5, 5.41) is 0. The Morgan fingerprint density at radius 3 is 2.57 bits per heavy atom. The molecule has 1 heterocycles. The summed E-state index contributed by atoms with van der Waals surface area (Å²) in [6, 6.07) is 0. The molecule has 1 aliphatic heterocycles. The van der Waals surface area contributed by atoms with E-state index in [1.807, 2.05) is 5.48 Å². The van der Waals surface area contributed by atoms with Crippen LogP contribution in [0.4, 0.5) is 0 Å². The first kappa shape index (κ1) is 10.5. The lowest BCUT2D eigenvalue weighted by atomic mass is 10.4. The van der Waals surface area contributed by atoms with E-state index in [2.05, 4.69) is 4.84 Å². The molecule has 0 aromatic carbocycles. The number of hydroxylamine groups is 1. The molecule has 1 amide bonds. The quantitative estimate of drug-likeness (QED) is 0.382. The minimum atomic E-state index is -1.02. The fraction of sp³-hybridized carbons (Fsp3) is 0.500. The van der Waals surface area contributed by atoms with Crippen LogP contribution >= 0.6 is 0 Å². The average molecular weight is 201 g/mol. The van der Waals surface area contributed by atoms with Crippen molar-refractivity contribution >= 4 is 11.9 Å². The van der Waals surface area contributed by atoms with Crippen LogP contribution in [0.2, 0.25) is 0 Å². The Bertz CT molecular complexity index is 294. The molecular formula is C8H11NO5. The lowest BCUT2D eigenvalue weighted by Gasteiger charge is -2.13. The van der Waals surface area contributed by atoms with Gasteiger partial charge in [0.25, 0.3) is 5.91 Å². The van der Waals surface area contributed by atoms with E-state index in [-0.39, 0.29) is 5.76 Å². The van der Waals surface area contributed by atoms with Crippen LogP contribution in [0, 0.1) is 0 Å². The van der Waals surface area contributed by atoms with Gasteiger partial charge in [-0.15, -0.1) is 0 Å². The first-order chi connectivity index (χ1) is 6.44. The van der Waals surface area contributed by atoms with Gasteiger partial charge in [0.2, 0.25) is 11.5 Å². The van der Waals surface area contributed by atoms with Gasteiger partial charge in [-0.3, -0.25) is 9.63 Å². The summed E-state index contributed by atoms with van der Waals surface area (Å²) < 4.78 is 9.84. The van der Waals surface area contributed by atoms with Crippen LogP contribution in [0.15, 0.2) is 11.8 Å². The number of hydrogen-bond donors (Lipinski definition) is 1. The molecule has 0 saturated carbocycles. The van der Waals surface area contributed by atoms with E-state index in [1.165, 1.54) is 7.11 Å². The van der Waals surface area contributed by atoms with Crippen LogP contribution in [0.3, 0.4) is 0 Å². The molecule has 1 N–H and O–H groups in total. The first-order valence-corrected chi connectivity index (χ1v) is 3.91. The van der Waals surface area contributed by atoms with Crippen molar-refractivity contribution in [2.75, 3.05) is 7.11 Å². The molecule has 1 saturated heterocycles. The second kappa shape index (κ2) is 3.67. The Morgan fingerprint density at radius 1 is 1.50 bits per heavy atom. The highest BCUT2D eigenvalue weighted by Crippen LogP contribution is 2.25. The third kappa shape index (κ3) is 2.46. The van der Waals surface area contributed by atoms with Crippen molar-refractivity contribution in [1.29, 1.82) is 0 Å². The summed E-state index contributed by atoms with van der Waals surface area (Å²) in [6.07, 6.45) is 0.973. The molecule has 1 rings (SSSR count). The highest BCUT2D eigenvalue weighted by atomic mass is 16.8. The number of cyclic esters (lactones) is 1. The molecule has 1 aliphatic rings. The van der Waals surface area contributed by atoms with Crippen molar-refractivity contribution in [1.82, 2.24) is 5.48 Å². The summed E-state index contributed by atoms with van der Waals surface area (Å²) >= 11 is 0. The van der Waals surface area contributed by atoms with E-state index in [1.54, 1.807) is 13.8 Å². The van der Waals surface area contributed by atoms with E-state index in [0.717, 1.165) is 6.08 Å². The molecule has 0 bridgehead atoms. The van der Waals surface area contributed by atoms with Gasteiger partial charge in [0.15, 0.2) is 0 Å². The minimum absolute atomic E-state index is 0.135. The smallest absolute Gasteiger partial charge is 0.377 e. The molecular weight excluding hydrogens is 190 g/mol. The molecule has 0 aromatic heterocycles. The average Bonchev–Trinajstić information content (AvgIpc) is 2.25. The highest BCUT2D eigenvalue weighted by molar-refractivity contribution is 5.97. The number of nitrogens with one attached hydrogen (secondary N) is 1. The molecule has 0 aromatic rings. The van der Waals surface area contributed by atoms with Gasteiger partial charge in [0.1, 0.15) is 0 Å². The predicted octanol–water partition coefficient (Wildman–Crippen LogP) is -0.143. The molecule has 0 unspecified atom stereocenters. The first-order valence-electron chi connectivity index (χ1n) is 3.91. The van der Waals surface area contributed by atoms with Gasteiger partial charge in [-0.05, 0) is 0 Å². The van der Waals surface area contributed by atoms with E-state index in [9.17, 15) is 9.59 Å². The zero-order chi connectivity index (χ0) is 10.8. The van der Waals surface area contributed by atoms with Crippen LogP contribution in [-0.2, 0) is 23.9 Å². The van der Waals surface area contributed by atoms with Crippen LogP contribution in [-0.4, -0.2) is 24.8 Å². The van der Waals surface area contributed by atoms with Gasteiger partial charge in [0, 0.05) is 13.8 Å². The number of hydrogen-bond acceptors (Lipinski definition) is 5. The zero-order valence-corrected chi connectivity index (χ0v) is 8.12. The molecule has 0 spiro atoms.